The van der Waals surface area contributed by atoms with Crippen LogP contribution in [0.25, 0.3) is 11.0 Å². The van der Waals surface area contributed by atoms with Gasteiger partial charge in [-0.2, -0.15) is 0 Å². The number of hydrogen-bond donors (Lipinski definition) is 1. The van der Waals surface area contributed by atoms with Gasteiger partial charge in [0.15, 0.2) is 0 Å². The summed E-state index contributed by atoms with van der Waals surface area (Å²) in [4.78, 5) is 17.0. The molecule has 0 aromatic carbocycles. The molecule has 1 saturated heterocycles. The monoisotopic (exact) mass is 273 g/mol. The maximum Gasteiger partial charge on any atom is 0.143 e. The van der Waals surface area contributed by atoms with Gasteiger partial charge in [-0.3, -0.25) is 4.90 Å². The van der Waals surface area contributed by atoms with E-state index in [4.69, 9.17) is 0 Å². The number of hydrogen-bond acceptors (Lipinski definition) is 4. The van der Waals surface area contributed by atoms with Crippen molar-refractivity contribution >= 4 is 16.9 Å². The van der Waals surface area contributed by atoms with Crippen LogP contribution in [0, 0.1) is 0 Å². The highest BCUT2D eigenvalue weighted by atomic mass is 15.3. The predicted molar refractivity (Wildman–Crippen MR) is 82.2 cm³/mol. The fourth-order valence-electron chi connectivity index (χ4n) is 3.13. The van der Waals surface area contributed by atoms with Crippen molar-refractivity contribution in [2.45, 2.75) is 33.2 Å². The second-order valence-electron chi connectivity index (χ2n) is 5.37. The lowest BCUT2D eigenvalue weighted by Crippen LogP contribution is -2.59. The fourth-order valence-corrected chi connectivity index (χ4v) is 3.13. The zero-order valence-corrected chi connectivity index (χ0v) is 12.6. The second kappa shape index (κ2) is 5.40. The maximum atomic E-state index is 4.53. The number of nitrogens with zero attached hydrogens (tertiary/aromatic N) is 4. The summed E-state index contributed by atoms with van der Waals surface area (Å²) in [5.41, 5.74) is 2.26. The molecule has 5 heteroatoms. The van der Waals surface area contributed by atoms with Crippen molar-refractivity contribution in [2.75, 3.05) is 31.1 Å². The van der Waals surface area contributed by atoms with Gasteiger partial charge >= 0.3 is 0 Å². The molecule has 5 nitrogen and oxygen atoms in total. The Kier molecular flexibility index (Phi) is 3.61. The molecular formula is C15H23N5. The van der Waals surface area contributed by atoms with Crippen LogP contribution in [0.15, 0.2) is 12.5 Å². The third kappa shape index (κ3) is 2.06. The Labute approximate surface area is 120 Å². The topological polar surface area (TPSA) is 48.1 Å². The fraction of sp³-hybridized carbons (Fsp3) is 0.600. The van der Waals surface area contributed by atoms with Crippen molar-refractivity contribution in [3.63, 3.8) is 0 Å². The Morgan fingerprint density at radius 2 is 2.00 bits per heavy atom. The molecule has 0 atom stereocenters. The largest absolute Gasteiger partial charge is 0.353 e. The van der Waals surface area contributed by atoms with Crippen molar-refractivity contribution < 1.29 is 0 Å². The normalized spacial score (nSPS) is 16.1. The van der Waals surface area contributed by atoms with Gasteiger partial charge in [0.2, 0.25) is 0 Å². The lowest BCUT2D eigenvalue weighted by molar-refractivity contribution is 0.183. The SMILES string of the molecule is CCc1c[nH]c2ncnc(N3CC(N(CC)CC)C3)c12. The first-order valence-electron chi connectivity index (χ1n) is 7.58. The molecule has 1 fully saturated rings. The van der Waals surface area contributed by atoms with E-state index in [1.54, 1.807) is 6.33 Å². The average Bonchev–Trinajstić information content (AvgIpc) is 2.85. The highest BCUT2D eigenvalue weighted by molar-refractivity contribution is 5.91. The van der Waals surface area contributed by atoms with E-state index in [1.165, 1.54) is 10.9 Å². The summed E-state index contributed by atoms with van der Waals surface area (Å²) in [5, 5.41) is 1.20. The molecule has 20 heavy (non-hydrogen) atoms. The van der Waals surface area contributed by atoms with Gasteiger partial charge < -0.3 is 9.88 Å². The quantitative estimate of drug-likeness (QED) is 0.906. The Balaban J connectivity index is 1.84. The van der Waals surface area contributed by atoms with Crippen LogP contribution < -0.4 is 4.90 Å². The minimum atomic E-state index is 0.666. The highest BCUT2D eigenvalue weighted by Gasteiger charge is 2.32. The minimum absolute atomic E-state index is 0.666. The second-order valence-corrected chi connectivity index (χ2v) is 5.37. The molecule has 0 spiro atoms. The van der Waals surface area contributed by atoms with Crippen molar-refractivity contribution in [1.29, 1.82) is 0 Å². The molecule has 0 saturated carbocycles. The van der Waals surface area contributed by atoms with Crippen molar-refractivity contribution in [1.82, 2.24) is 19.9 Å². The van der Waals surface area contributed by atoms with Gasteiger partial charge in [0, 0.05) is 25.3 Å². The summed E-state index contributed by atoms with van der Waals surface area (Å²) >= 11 is 0. The summed E-state index contributed by atoms with van der Waals surface area (Å²) in [6, 6.07) is 0.666. The lowest BCUT2D eigenvalue weighted by Gasteiger charge is -2.45. The Bertz CT molecular complexity index is 581. The molecule has 0 amide bonds. The summed E-state index contributed by atoms with van der Waals surface area (Å²) < 4.78 is 0. The first-order chi connectivity index (χ1) is 9.78. The number of fused-ring (bicyclic) bond motifs is 1. The van der Waals surface area contributed by atoms with Crippen molar-refractivity contribution in [2.24, 2.45) is 0 Å². The van der Waals surface area contributed by atoms with Crippen LogP contribution in [-0.2, 0) is 6.42 Å². The molecular weight excluding hydrogens is 250 g/mol. The first kappa shape index (κ1) is 13.4. The average molecular weight is 273 g/mol. The van der Waals surface area contributed by atoms with E-state index in [-0.39, 0.29) is 0 Å². The maximum absolute atomic E-state index is 4.53. The third-order valence-corrected chi connectivity index (χ3v) is 4.40. The number of H-pyrrole nitrogens is 1. The van der Waals surface area contributed by atoms with E-state index >= 15 is 0 Å². The lowest BCUT2D eigenvalue weighted by atomic mass is 10.1. The van der Waals surface area contributed by atoms with Crippen LogP contribution in [0.3, 0.4) is 0 Å². The van der Waals surface area contributed by atoms with Crippen LogP contribution >= 0.6 is 0 Å². The van der Waals surface area contributed by atoms with Gasteiger partial charge in [0.1, 0.15) is 17.8 Å². The molecule has 2 aromatic rings. The number of likely N-dealkylation sites (N-methyl/N-ethyl adjacent to an activating group) is 1. The first-order valence-corrected chi connectivity index (χ1v) is 7.58. The van der Waals surface area contributed by atoms with Gasteiger partial charge in [-0.25, -0.2) is 9.97 Å². The number of rotatable bonds is 5. The van der Waals surface area contributed by atoms with E-state index in [0.29, 0.717) is 6.04 Å². The van der Waals surface area contributed by atoms with Crippen LogP contribution in [0.2, 0.25) is 0 Å². The molecule has 0 bridgehead atoms. The molecule has 2 aromatic heterocycles. The third-order valence-electron chi connectivity index (χ3n) is 4.40. The Morgan fingerprint density at radius 1 is 1.25 bits per heavy atom. The van der Waals surface area contributed by atoms with Gasteiger partial charge in [-0.15, -0.1) is 0 Å². The molecule has 1 N–H and O–H groups in total. The standard InChI is InChI=1S/C15H23N5/c1-4-11-7-16-14-13(11)15(18-10-17-14)20-8-12(9-20)19(5-2)6-3/h7,10,12H,4-6,8-9H2,1-3H3,(H,16,17,18). The summed E-state index contributed by atoms with van der Waals surface area (Å²) in [6.45, 7) is 11.0. The summed E-state index contributed by atoms with van der Waals surface area (Å²) in [5.74, 6) is 1.09. The molecule has 0 unspecified atom stereocenters. The number of aromatic amines is 1. The van der Waals surface area contributed by atoms with Crippen molar-refractivity contribution in [3.05, 3.63) is 18.1 Å². The van der Waals surface area contributed by atoms with Crippen LogP contribution in [0.1, 0.15) is 26.3 Å². The molecule has 3 heterocycles. The van der Waals surface area contributed by atoms with E-state index in [9.17, 15) is 0 Å². The smallest absolute Gasteiger partial charge is 0.143 e. The Morgan fingerprint density at radius 3 is 2.65 bits per heavy atom. The van der Waals surface area contributed by atoms with Crippen molar-refractivity contribution in [3.8, 4) is 0 Å². The number of aryl methyl sites for hydroxylation is 1. The van der Waals surface area contributed by atoms with Gasteiger partial charge in [0.05, 0.1) is 5.39 Å². The molecule has 3 rings (SSSR count). The Hall–Kier alpha value is -1.62. The summed E-state index contributed by atoms with van der Waals surface area (Å²) in [6.07, 6.45) is 4.73. The summed E-state index contributed by atoms with van der Waals surface area (Å²) in [7, 11) is 0. The van der Waals surface area contributed by atoms with Crippen LogP contribution in [0.4, 0.5) is 5.82 Å². The number of nitrogens with one attached hydrogen (secondary N) is 1. The van der Waals surface area contributed by atoms with E-state index in [0.717, 1.165) is 44.1 Å². The molecule has 0 aliphatic carbocycles. The number of aromatic nitrogens is 3. The number of anilines is 1. The van der Waals surface area contributed by atoms with Crippen LogP contribution in [0.5, 0.6) is 0 Å². The predicted octanol–water partition coefficient (Wildman–Crippen LogP) is 2.05. The van der Waals surface area contributed by atoms with E-state index in [1.807, 2.05) is 0 Å². The zero-order chi connectivity index (χ0) is 14.1. The molecule has 1 aliphatic heterocycles. The minimum Gasteiger partial charge on any atom is -0.353 e. The van der Waals surface area contributed by atoms with E-state index < -0.39 is 0 Å². The van der Waals surface area contributed by atoms with Gasteiger partial charge in [-0.1, -0.05) is 20.8 Å². The highest BCUT2D eigenvalue weighted by Crippen LogP contribution is 2.30. The molecule has 1 aliphatic rings. The molecule has 0 radical (unpaired) electrons. The zero-order valence-electron chi connectivity index (χ0n) is 12.6. The molecule has 108 valence electrons. The van der Waals surface area contributed by atoms with Gasteiger partial charge in [-0.05, 0) is 25.1 Å². The van der Waals surface area contributed by atoms with E-state index in [2.05, 4.69) is 51.7 Å². The van der Waals surface area contributed by atoms with Crippen LogP contribution in [-0.4, -0.2) is 52.1 Å². The van der Waals surface area contributed by atoms with Gasteiger partial charge in [0.25, 0.3) is 0 Å².